The third-order valence-corrected chi connectivity index (χ3v) is 8.65. The summed E-state index contributed by atoms with van der Waals surface area (Å²) in [6.45, 7) is 3.18. The van der Waals surface area contributed by atoms with Crippen LogP contribution in [0.1, 0.15) is 49.1 Å². The van der Waals surface area contributed by atoms with Crippen molar-refractivity contribution in [2.24, 2.45) is 18.9 Å². The maximum absolute atomic E-state index is 6.32. The van der Waals surface area contributed by atoms with Crippen molar-refractivity contribution in [3.05, 3.63) is 89.9 Å². The number of H-pyrrole nitrogens is 1. The highest BCUT2D eigenvalue weighted by molar-refractivity contribution is 5.82. The number of aromatic amines is 1. The van der Waals surface area contributed by atoms with Crippen LogP contribution in [0, 0.1) is 11.8 Å². The van der Waals surface area contributed by atoms with Crippen molar-refractivity contribution >= 4 is 21.9 Å². The number of hydrogen-bond acceptors (Lipinski definition) is 2. The normalized spacial score (nSPS) is 19.8. The van der Waals surface area contributed by atoms with Gasteiger partial charge >= 0.3 is 0 Å². The van der Waals surface area contributed by atoms with E-state index in [9.17, 15) is 0 Å². The van der Waals surface area contributed by atoms with Gasteiger partial charge < -0.3 is 4.74 Å². The van der Waals surface area contributed by atoms with Crippen molar-refractivity contribution in [1.29, 1.82) is 0 Å². The standard InChI is InChI=1S/C33H33N3O/c1-21-17-27-19-24(25-9-11-31-30(20-25)35-33(36(31)2)22-7-8-22)10-12-32(27)37-16-14-23(21)18-26-13-15-34-29-6-4-3-5-28(26)29/h3-6,9-13,15,19-23H,7-8,14,16-18H2,1-2H3/p+1. The fraction of sp³-hybridized carbons (Fsp3) is 0.333. The minimum absolute atomic E-state index is 0.566. The van der Waals surface area contributed by atoms with E-state index in [1.165, 1.54) is 57.3 Å². The first kappa shape index (κ1) is 22.5. The van der Waals surface area contributed by atoms with Gasteiger partial charge in [0.05, 0.1) is 25.1 Å². The monoisotopic (exact) mass is 488 g/mol. The highest BCUT2D eigenvalue weighted by Gasteiger charge is 2.34. The predicted octanol–water partition coefficient (Wildman–Crippen LogP) is 6.91. The van der Waals surface area contributed by atoms with Crippen molar-refractivity contribution in [3.63, 3.8) is 0 Å². The molecule has 1 N–H and O–H groups in total. The highest BCUT2D eigenvalue weighted by atomic mass is 16.5. The molecule has 0 saturated heterocycles. The van der Waals surface area contributed by atoms with Crippen LogP contribution in [-0.2, 0) is 19.9 Å². The Morgan fingerprint density at radius 1 is 0.973 bits per heavy atom. The Morgan fingerprint density at radius 3 is 2.70 bits per heavy atom. The Labute approximate surface area is 218 Å². The molecule has 3 heterocycles. The number of aromatic nitrogens is 3. The predicted molar refractivity (Wildman–Crippen MR) is 149 cm³/mol. The molecule has 1 aliphatic heterocycles. The molecule has 2 atom stereocenters. The largest absolute Gasteiger partial charge is 0.493 e. The fourth-order valence-electron chi connectivity index (χ4n) is 6.29. The molecule has 4 nitrogen and oxygen atoms in total. The number of nitrogens with zero attached hydrogens (tertiary/aromatic N) is 2. The zero-order valence-electron chi connectivity index (χ0n) is 21.7. The van der Waals surface area contributed by atoms with Gasteiger partial charge in [-0.25, -0.2) is 9.55 Å². The van der Waals surface area contributed by atoms with E-state index >= 15 is 0 Å². The van der Waals surface area contributed by atoms with Gasteiger partial charge in [0.15, 0.2) is 11.0 Å². The summed E-state index contributed by atoms with van der Waals surface area (Å²) in [6.07, 6.45) is 7.72. The molecule has 1 saturated carbocycles. The number of aryl methyl sites for hydroxylation is 1. The van der Waals surface area contributed by atoms with Crippen molar-refractivity contribution in [2.45, 2.75) is 44.9 Å². The van der Waals surface area contributed by atoms with Crippen LogP contribution in [0.25, 0.3) is 33.1 Å². The minimum Gasteiger partial charge on any atom is -0.493 e. The zero-order valence-corrected chi connectivity index (χ0v) is 21.7. The molecule has 0 radical (unpaired) electrons. The van der Waals surface area contributed by atoms with Crippen molar-refractivity contribution in [3.8, 4) is 16.9 Å². The zero-order chi connectivity index (χ0) is 24.9. The molecule has 186 valence electrons. The van der Waals surface area contributed by atoms with Crippen molar-refractivity contribution in [2.75, 3.05) is 6.61 Å². The van der Waals surface area contributed by atoms with Crippen LogP contribution in [0.4, 0.5) is 0 Å². The smallest absolute Gasteiger partial charge is 0.258 e. The van der Waals surface area contributed by atoms with E-state index in [1.54, 1.807) is 0 Å². The van der Waals surface area contributed by atoms with E-state index in [0.717, 1.165) is 37.1 Å². The maximum Gasteiger partial charge on any atom is 0.258 e. The van der Waals surface area contributed by atoms with Gasteiger partial charge in [0, 0.05) is 11.6 Å². The summed E-state index contributed by atoms with van der Waals surface area (Å²) < 4.78 is 8.66. The number of fused-ring (bicyclic) bond motifs is 3. The van der Waals surface area contributed by atoms with Gasteiger partial charge in [-0.3, -0.25) is 4.98 Å². The molecule has 5 aromatic rings. The average Bonchev–Trinajstić information content (AvgIpc) is 3.71. The van der Waals surface area contributed by atoms with E-state index in [1.807, 2.05) is 6.20 Å². The Kier molecular flexibility index (Phi) is 5.49. The summed E-state index contributed by atoms with van der Waals surface area (Å²) in [5.41, 5.74) is 8.83. The summed E-state index contributed by atoms with van der Waals surface area (Å²) in [5.74, 6) is 4.25. The van der Waals surface area contributed by atoms with E-state index in [-0.39, 0.29) is 0 Å². The lowest BCUT2D eigenvalue weighted by Gasteiger charge is -2.28. The maximum atomic E-state index is 6.32. The molecule has 0 spiro atoms. The molecule has 2 aliphatic rings. The molecule has 2 aromatic heterocycles. The summed E-state index contributed by atoms with van der Waals surface area (Å²) >= 11 is 0. The molecule has 1 aliphatic carbocycles. The number of para-hydroxylation sites is 1. The summed E-state index contributed by atoms with van der Waals surface area (Å²) in [6, 6.07) is 24.3. The van der Waals surface area contributed by atoms with E-state index in [0.29, 0.717) is 17.8 Å². The Bertz CT molecular complexity index is 1610. The number of nitrogens with one attached hydrogen (secondary N) is 1. The molecule has 1 fully saturated rings. The second-order valence-corrected chi connectivity index (χ2v) is 11.2. The fourth-order valence-corrected chi connectivity index (χ4v) is 6.29. The van der Waals surface area contributed by atoms with E-state index in [2.05, 4.69) is 95.2 Å². The molecule has 37 heavy (non-hydrogen) atoms. The molecule has 2 unspecified atom stereocenters. The van der Waals surface area contributed by atoms with Gasteiger partial charge in [-0.2, -0.15) is 0 Å². The molecule has 0 bridgehead atoms. The number of pyridine rings is 1. The topological polar surface area (TPSA) is 41.8 Å². The van der Waals surface area contributed by atoms with Crippen LogP contribution < -0.4 is 9.30 Å². The van der Waals surface area contributed by atoms with Gasteiger partial charge in [0.1, 0.15) is 5.75 Å². The second-order valence-electron chi connectivity index (χ2n) is 11.2. The van der Waals surface area contributed by atoms with Crippen LogP contribution in [0.3, 0.4) is 0 Å². The lowest BCUT2D eigenvalue weighted by atomic mass is 9.80. The summed E-state index contributed by atoms with van der Waals surface area (Å²) in [4.78, 5) is 8.26. The van der Waals surface area contributed by atoms with E-state index < -0.39 is 0 Å². The molecule has 3 aromatic carbocycles. The number of rotatable bonds is 4. The number of imidazole rings is 1. The lowest BCUT2D eigenvalue weighted by molar-refractivity contribution is -0.653. The average molecular weight is 489 g/mol. The van der Waals surface area contributed by atoms with Crippen molar-refractivity contribution in [1.82, 2.24) is 9.97 Å². The first-order valence-corrected chi connectivity index (χ1v) is 13.7. The van der Waals surface area contributed by atoms with Crippen LogP contribution >= 0.6 is 0 Å². The molecule has 0 amide bonds. The van der Waals surface area contributed by atoms with Gasteiger partial charge in [-0.15, -0.1) is 0 Å². The minimum atomic E-state index is 0.566. The summed E-state index contributed by atoms with van der Waals surface area (Å²) in [7, 11) is 2.18. The molecule has 7 rings (SSSR count). The molecule has 4 heteroatoms. The van der Waals surface area contributed by atoms with Crippen LogP contribution in [-0.4, -0.2) is 16.6 Å². The second kappa shape index (κ2) is 9.02. The third-order valence-electron chi connectivity index (χ3n) is 8.65. The van der Waals surface area contributed by atoms with Gasteiger partial charge in [-0.05, 0) is 109 Å². The van der Waals surface area contributed by atoms with Gasteiger partial charge in [0.25, 0.3) is 5.82 Å². The first-order valence-electron chi connectivity index (χ1n) is 13.7. The van der Waals surface area contributed by atoms with Gasteiger partial charge in [-0.1, -0.05) is 31.2 Å². The Balaban J connectivity index is 1.17. The first-order chi connectivity index (χ1) is 18.1. The van der Waals surface area contributed by atoms with E-state index in [4.69, 9.17) is 4.74 Å². The van der Waals surface area contributed by atoms with Crippen LogP contribution in [0.2, 0.25) is 0 Å². The van der Waals surface area contributed by atoms with Crippen molar-refractivity contribution < 1.29 is 9.30 Å². The molecular formula is C33H34N3O+. The number of benzene rings is 3. The van der Waals surface area contributed by atoms with Crippen LogP contribution in [0.5, 0.6) is 5.75 Å². The lowest BCUT2D eigenvalue weighted by Crippen LogP contribution is -2.31. The third kappa shape index (κ3) is 4.19. The summed E-state index contributed by atoms with van der Waals surface area (Å²) in [5, 5.41) is 1.28. The van der Waals surface area contributed by atoms with Crippen LogP contribution in [0.15, 0.2) is 72.9 Å². The highest BCUT2D eigenvalue weighted by Crippen LogP contribution is 2.39. The SMILES string of the molecule is CC1Cc2cc(-c3ccc4c(c3)[nH]c(C3CC3)[n+]4C)ccc2OCCC1Cc1ccnc2ccccc12. The number of hydrogen-bond donors (Lipinski definition) is 1. The quantitative estimate of drug-likeness (QED) is 0.279. The van der Waals surface area contributed by atoms with Gasteiger partial charge in [0.2, 0.25) is 0 Å². The molecular weight excluding hydrogens is 454 g/mol. The Morgan fingerprint density at radius 2 is 1.81 bits per heavy atom. The number of ether oxygens (including phenoxy) is 1. The Hall–Kier alpha value is -3.66.